The van der Waals surface area contributed by atoms with Gasteiger partial charge in [0.25, 0.3) is 5.91 Å². The van der Waals surface area contributed by atoms with E-state index in [4.69, 9.17) is 4.74 Å². The molecule has 0 bridgehead atoms. The van der Waals surface area contributed by atoms with Crippen LogP contribution in [0.5, 0.6) is 0 Å². The number of amides is 1. The van der Waals surface area contributed by atoms with Gasteiger partial charge in [0.2, 0.25) is 0 Å². The number of benzene rings is 2. The number of ether oxygens (including phenoxy) is 1. The standard InChI is InChI=1S/C20H18N2O2/c23-20(17-10-4-8-16-9-5-11-21-19(16)17)22-12-13-24-18(14-22)15-6-2-1-3-7-15/h1-11,18H,12-14H2. The first-order chi connectivity index (χ1) is 11.8. The van der Waals surface area contributed by atoms with E-state index in [0.717, 1.165) is 16.5 Å². The van der Waals surface area contributed by atoms with Gasteiger partial charge in [0.05, 0.1) is 24.2 Å². The molecular weight excluding hydrogens is 300 g/mol. The highest BCUT2D eigenvalue weighted by Gasteiger charge is 2.27. The highest BCUT2D eigenvalue weighted by molar-refractivity contribution is 6.05. The molecule has 1 unspecified atom stereocenters. The highest BCUT2D eigenvalue weighted by Crippen LogP contribution is 2.24. The Hall–Kier alpha value is -2.72. The third-order valence-electron chi connectivity index (χ3n) is 4.39. The molecule has 2 aromatic carbocycles. The molecule has 2 heterocycles. The Balaban J connectivity index is 1.62. The summed E-state index contributed by atoms with van der Waals surface area (Å²) >= 11 is 0. The Bertz CT molecular complexity index is 858. The zero-order chi connectivity index (χ0) is 16.4. The second-order valence-corrected chi connectivity index (χ2v) is 5.90. The number of carbonyl (C=O) groups excluding carboxylic acids is 1. The first kappa shape index (κ1) is 14.8. The lowest BCUT2D eigenvalue weighted by Crippen LogP contribution is -2.42. The van der Waals surface area contributed by atoms with Crippen molar-refractivity contribution in [2.75, 3.05) is 19.7 Å². The minimum atomic E-state index is -0.0770. The van der Waals surface area contributed by atoms with Gasteiger partial charge in [-0.05, 0) is 17.7 Å². The molecule has 0 saturated carbocycles. The lowest BCUT2D eigenvalue weighted by Gasteiger charge is -2.33. The maximum atomic E-state index is 13.0. The van der Waals surface area contributed by atoms with Crippen LogP contribution in [0.15, 0.2) is 66.9 Å². The normalized spacial score (nSPS) is 17.8. The van der Waals surface area contributed by atoms with Crippen molar-refractivity contribution in [2.45, 2.75) is 6.10 Å². The van der Waals surface area contributed by atoms with Crippen molar-refractivity contribution >= 4 is 16.8 Å². The second kappa shape index (κ2) is 6.42. The molecule has 3 aromatic rings. The molecule has 1 fully saturated rings. The molecule has 0 spiro atoms. The molecule has 120 valence electrons. The monoisotopic (exact) mass is 318 g/mol. The van der Waals surface area contributed by atoms with Gasteiger partial charge in [0.15, 0.2) is 0 Å². The van der Waals surface area contributed by atoms with Gasteiger partial charge in [0.1, 0.15) is 6.10 Å². The summed E-state index contributed by atoms with van der Waals surface area (Å²) in [5, 5.41) is 0.983. The number of pyridine rings is 1. The van der Waals surface area contributed by atoms with E-state index >= 15 is 0 Å². The third-order valence-corrected chi connectivity index (χ3v) is 4.39. The Kier molecular flexibility index (Phi) is 3.97. The van der Waals surface area contributed by atoms with E-state index in [-0.39, 0.29) is 12.0 Å². The van der Waals surface area contributed by atoms with Crippen molar-refractivity contribution in [2.24, 2.45) is 0 Å². The lowest BCUT2D eigenvalue weighted by atomic mass is 10.1. The molecule has 0 N–H and O–H groups in total. The topological polar surface area (TPSA) is 42.4 Å². The SMILES string of the molecule is O=C(c1cccc2cccnc12)N1CCOC(c2ccccc2)C1. The van der Waals surface area contributed by atoms with Crippen LogP contribution in [-0.2, 0) is 4.74 Å². The van der Waals surface area contributed by atoms with Crippen LogP contribution in [0.25, 0.3) is 10.9 Å². The lowest BCUT2D eigenvalue weighted by molar-refractivity contribution is -0.0227. The number of carbonyl (C=O) groups is 1. The van der Waals surface area contributed by atoms with Crippen LogP contribution < -0.4 is 0 Å². The van der Waals surface area contributed by atoms with E-state index in [1.54, 1.807) is 6.20 Å². The van der Waals surface area contributed by atoms with Crippen LogP contribution in [-0.4, -0.2) is 35.5 Å². The number of fused-ring (bicyclic) bond motifs is 1. The molecule has 0 radical (unpaired) electrons. The average molecular weight is 318 g/mol. The summed E-state index contributed by atoms with van der Waals surface area (Å²) in [6, 6.07) is 19.7. The van der Waals surface area contributed by atoms with Crippen LogP contribution in [0.2, 0.25) is 0 Å². The summed E-state index contributed by atoms with van der Waals surface area (Å²) in [5.41, 5.74) is 2.51. The predicted molar refractivity (Wildman–Crippen MR) is 92.8 cm³/mol. The fourth-order valence-electron chi connectivity index (χ4n) is 3.15. The first-order valence-electron chi connectivity index (χ1n) is 8.12. The smallest absolute Gasteiger partial charge is 0.256 e. The Labute approximate surface area is 140 Å². The van der Waals surface area contributed by atoms with E-state index in [9.17, 15) is 4.79 Å². The quantitative estimate of drug-likeness (QED) is 0.727. The Morgan fingerprint density at radius 3 is 2.75 bits per heavy atom. The van der Waals surface area contributed by atoms with E-state index in [1.165, 1.54) is 0 Å². The minimum Gasteiger partial charge on any atom is -0.370 e. The van der Waals surface area contributed by atoms with Crippen molar-refractivity contribution in [1.29, 1.82) is 0 Å². The van der Waals surface area contributed by atoms with E-state index in [2.05, 4.69) is 4.98 Å². The Morgan fingerprint density at radius 2 is 1.88 bits per heavy atom. The number of rotatable bonds is 2. The molecule has 0 aliphatic carbocycles. The van der Waals surface area contributed by atoms with Gasteiger partial charge in [-0.3, -0.25) is 9.78 Å². The summed E-state index contributed by atoms with van der Waals surface area (Å²) in [6.07, 6.45) is 1.65. The number of hydrogen-bond acceptors (Lipinski definition) is 3. The zero-order valence-electron chi connectivity index (χ0n) is 13.3. The molecule has 1 aromatic heterocycles. The molecule has 4 nitrogen and oxygen atoms in total. The summed E-state index contributed by atoms with van der Waals surface area (Å²) in [7, 11) is 0. The van der Waals surface area contributed by atoms with Gasteiger partial charge in [-0.2, -0.15) is 0 Å². The molecule has 1 aliphatic rings. The molecule has 4 heteroatoms. The molecule has 4 rings (SSSR count). The molecular formula is C20H18N2O2. The fourth-order valence-corrected chi connectivity index (χ4v) is 3.15. The third kappa shape index (κ3) is 2.76. The summed E-state index contributed by atoms with van der Waals surface area (Å²) in [6.45, 7) is 1.71. The maximum Gasteiger partial charge on any atom is 0.256 e. The van der Waals surface area contributed by atoms with Gasteiger partial charge in [0, 0.05) is 18.1 Å². The summed E-state index contributed by atoms with van der Waals surface area (Å²) < 4.78 is 5.86. The van der Waals surface area contributed by atoms with Crippen molar-refractivity contribution in [3.8, 4) is 0 Å². The number of aromatic nitrogens is 1. The van der Waals surface area contributed by atoms with E-state index < -0.39 is 0 Å². The van der Waals surface area contributed by atoms with Crippen LogP contribution in [0.1, 0.15) is 22.0 Å². The largest absolute Gasteiger partial charge is 0.370 e. The van der Waals surface area contributed by atoms with Crippen molar-refractivity contribution in [3.05, 3.63) is 78.0 Å². The molecule has 1 saturated heterocycles. The first-order valence-corrected chi connectivity index (χ1v) is 8.12. The van der Waals surface area contributed by atoms with Gasteiger partial charge in [-0.1, -0.05) is 48.5 Å². The van der Waals surface area contributed by atoms with Gasteiger partial charge in [-0.25, -0.2) is 0 Å². The van der Waals surface area contributed by atoms with Crippen LogP contribution in [0.3, 0.4) is 0 Å². The summed E-state index contributed by atoms with van der Waals surface area (Å²) in [5.74, 6) is 0.0172. The van der Waals surface area contributed by atoms with Crippen molar-refractivity contribution in [3.63, 3.8) is 0 Å². The van der Waals surface area contributed by atoms with Crippen LogP contribution in [0, 0.1) is 0 Å². The molecule has 1 amide bonds. The predicted octanol–water partition coefficient (Wildman–Crippen LogP) is 3.45. The number of hydrogen-bond donors (Lipinski definition) is 0. The van der Waals surface area contributed by atoms with Gasteiger partial charge >= 0.3 is 0 Å². The van der Waals surface area contributed by atoms with Crippen LogP contribution in [0.4, 0.5) is 0 Å². The molecule has 1 atom stereocenters. The fraction of sp³-hybridized carbons (Fsp3) is 0.200. The second-order valence-electron chi connectivity index (χ2n) is 5.90. The maximum absolute atomic E-state index is 13.0. The average Bonchev–Trinajstić information content (AvgIpc) is 2.68. The summed E-state index contributed by atoms with van der Waals surface area (Å²) in [4.78, 5) is 19.3. The zero-order valence-corrected chi connectivity index (χ0v) is 13.3. The van der Waals surface area contributed by atoms with Crippen molar-refractivity contribution in [1.82, 2.24) is 9.88 Å². The minimum absolute atomic E-state index is 0.0172. The number of nitrogens with zero attached hydrogens (tertiary/aromatic N) is 2. The van der Waals surface area contributed by atoms with E-state index in [1.807, 2.05) is 65.6 Å². The molecule has 24 heavy (non-hydrogen) atoms. The number of morpholine rings is 1. The van der Waals surface area contributed by atoms with Crippen LogP contribution >= 0.6 is 0 Å². The molecule has 1 aliphatic heterocycles. The van der Waals surface area contributed by atoms with E-state index in [0.29, 0.717) is 25.3 Å². The highest BCUT2D eigenvalue weighted by atomic mass is 16.5. The van der Waals surface area contributed by atoms with Gasteiger partial charge in [-0.15, -0.1) is 0 Å². The number of para-hydroxylation sites is 1. The van der Waals surface area contributed by atoms with Crippen molar-refractivity contribution < 1.29 is 9.53 Å². The van der Waals surface area contributed by atoms with Gasteiger partial charge < -0.3 is 9.64 Å². The Morgan fingerprint density at radius 1 is 1.04 bits per heavy atom.